The number of likely N-dealkylation sites (tertiary alicyclic amines) is 1. The Morgan fingerprint density at radius 1 is 0.831 bits per heavy atom. The van der Waals surface area contributed by atoms with Gasteiger partial charge in [0.05, 0.1) is 49.6 Å². The Kier molecular flexibility index (Phi) is 14.8. The molecule has 6 rings (SSSR count). The third-order valence-corrected chi connectivity index (χ3v) is 10.6. The number of nitrogens with one attached hydrogen (secondary N) is 4. The van der Waals surface area contributed by atoms with Gasteiger partial charge in [-0.3, -0.25) is 14.6 Å². The standard InChI is InChI=1S/C36H41F3N6O3.C6H12N2O3/c1-21(2)31(44-35(47)48-3)34(46)45-17-7-10-30(45)33-41-19-28(43-33)23-13-11-22(12-14-23)26-16-15-25(18-27(26)36(37,38)39)29-20-40-32(42-29)24-8-5-4-6-9-24;1-5(2)8(4-9)7-6(10)11-3/h11-16,18-21,24,30-31H,4-10,17H2,1-3H3,(H,40,42)(H,41,43)(H,44,47);4-5H,1-3H3,(H,7,10). The zero-order chi connectivity index (χ0) is 42.9. The number of hydrogen-bond acceptors (Lipinski definition) is 8. The first-order valence-corrected chi connectivity index (χ1v) is 19.8. The second kappa shape index (κ2) is 19.7. The van der Waals surface area contributed by atoms with Gasteiger partial charge in [0.15, 0.2) is 0 Å². The molecular formula is C42H53F3N8O6. The molecule has 1 aliphatic carbocycles. The van der Waals surface area contributed by atoms with E-state index in [-0.39, 0.29) is 29.5 Å². The minimum Gasteiger partial charge on any atom is -0.453 e. The number of aromatic amines is 2. The molecule has 14 nitrogen and oxygen atoms in total. The largest absolute Gasteiger partial charge is 0.453 e. The summed E-state index contributed by atoms with van der Waals surface area (Å²) in [7, 11) is 2.49. The molecule has 2 aromatic heterocycles. The Labute approximate surface area is 341 Å². The summed E-state index contributed by atoms with van der Waals surface area (Å²) in [4.78, 5) is 63.6. The van der Waals surface area contributed by atoms with Crippen LogP contribution in [0.15, 0.2) is 54.9 Å². The van der Waals surface area contributed by atoms with Gasteiger partial charge in [0.2, 0.25) is 12.3 Å². The Morgan fingerprint density at radius 3 is 2.02 bits per heavy atom. The number of rotatable bonds is 11. The summed E-state index contributed by atoms with van der Waals surface area (Å²) >= 11 is 0. The quantitative estimate of drug-likeness (QED) is 0.0862. The highest BCUT2D eigenvalue weighted by atomic mass is 19.4. The second-order valence-electron chi connectivity index (χ2n) is 15.3. The summed E-state index contributed by atoms with van der Waals surface area (Å²) in [5.74, 6) is 1.43. The fraction of sp³-hybridized carbons (Fsp3) is 0.476. The summed E-state index contributed by atoms with van der Waals surface area (Å²) in [6, 6.07) is 10.2. The van der Waals surface area contributed by atoms with E-state index in [0.29, 0.717) is 53.6 Å². The number of ether oxygens (including phenoxy) is 2. The number of methoxy groups -OCH3 is 2. The number of hydrogen-bond donors (Lipinski definition) is 4. The van der Waals surface area contributed by atoms with Gasteiger partial charge in [0.25, 0.3) is 0 Å². The maximum atomic E-state index is 14.4. The summed E-state index contributed by atoms with van der Waals surface area (Å²) in [5.41, 5.74) is 4.51. The van der Waals surface area contributed by atoms with E-state index in [1.807, 2.05) is 13.8 Å². The molecule has 0 radical (unpaired) electrons. The molecule has 2 aliphatic rings. The molecule has 1 saturated heterocycles. The van der Waals surface area contributed by atoms with Gasteiger partial charge in [-0.15, -0.1) is 0 Å². The van der Waals surface area contributed by atoms with Crippen LogP contribution in [-0.4, -0.2) is 87.2 Å². The van der Waals surface area contributed by atoms with Crippen molar-refractivity contribution in [2.75, 3.05) is 20.8 Å². The van der Waals surface area contributed by atoms with E-state index in [2.05, 4.69) is 35.4 Å². The van der Waals surface area contributed by atoms with E-state index in [0.717, 1.165) is 48.5 Å². The zero-order valence-corrected chi connectivity index (χ0v) is 34.2. The first kappa shape index (κ1) is 44.2. The van der Waals surface area contributed by atoms with Crippen molar-refractivity contribution in [1.82, 2.24) is 40.6 Å². The molecule has 4 amide bonds. The average Bonchev–Trinajstić information content (AvgIpc) is 4.03. The molecule has 2 fully saturated rings. The van der Waals surface area contributed by atoms with Crippen molar-refractivity contribution in [1.29, 1.82) is 0 Å². The minimum absolute atomic E-state index is 0.0772. The van der Waals surface area contributed by atoms with E-state index in [1.54, 1.807) is 61.5 Å². The van der Waals surface area contributed by atoms with Gasteiger partial charge in [-0.1, -0.05) is 69.5 Å². The number of halogens is 3. The number of hydrazine groups is 1. The molecule has 0 spiro atoms. The monoisotopic (exact) mass is 822 g/mol. The van der Waals surface area contributed by atoms with Crippen LogP contribution in [0.4, 0.5) is 22.8 Å². The number of imidazole rings is 2. The average molecular weight is 823 g/mol. The molecule has 59 heavy (non-hydrogen) atoms. The predicted octanol–water partition coefficient (Wildman–Crippen LogP) is 8.37. The van der Waals surface area contributed by atoms with Crippen LogP contribution in [-0.2, 0) is 25.2 Å². The molecule has 4 aromatic rings. The number of alkyl carbamates (subject to hydrolysis) is 1. The van der Waals surface area contributed by atoms with E-state index in [1.165, 1.54) is 32.8 Å². The van der Waals surface area contributed by atoms with Crippen LogP contribution in [0.3, 0.4) is 0 Å². The highest BCUT2D eigenvalue weighted by Crippen LogP contribution is 2.41. The molecule has 2 aromatic carbocycles. The molecule has 3 heterocycles. The van der Waals surface area contributed by atoms with E-state index < -0.39 is 30.0 Å². The summed E-state index contributed by atoms with van der Waals surface area (Å²) in [6.07, 6.45) is 5.04. The molecule has 4 N–H and O–H groups in total. The third-order valence-electron chi connectivity index (χ3n) is 10.6. The molecule has 1 saturated carbocycles. The lowest BCUT2D eigenvalue weighted by Gasteiger charge is -2.30. The topological polar surface area (TPSA) is 175 Å². The first-order chi connectivity index (χ1) is 28.1. The van der Waals surface area contributed by atoms with Crippen LogP contribution in [0.5, 0.6) is 0 Å². The maximum Gasteiger partial charge on any atom is 0.425 e. The van der Waals surface area contributed by atoms with Crippen molar-refractivity contribution >= 4 is 24.5 Å². The summed E-state index contributed by atoms with van der Waals surface area (Å²) in [5, 5.41) is 3.76. The maximum absolute atomic E-state index is 14.4. The van der Waals surface area contributed by atoms with E-state index >= 15 is 0 Å². The summed E-state index contributed by atoms with van der Waals surface area (Å²) in [6.45, 7) is 7.78. The number of carbonyl (C=O) groups excluding carboxylic acids is 4. The van der Waals surface area contributed by atoms with Gasteiger partial charge in [-0.25, -0.2) is 25.0 Å². The van der Waals surface area contributed by atoms with Crippen LogP contribution in [0.2, 0.25) is 0 Å². The van der Waals surface area contributed by atoms with Crippen molar-refractivity contribution in [3.8, 4) is 33.6 Å². The van der Waals surface area contributed by atoms with Gasteiger partial charge in [0, 0.05) is 24.1 Å². The van der Waals surface area contributed by atoms with Gasteiger partial charge in [0.1, 0.15) is 17.7 Å². The van der Waals surface area contributed by atoms with Crippen LogP contribution >= 0.6 is 0 Å². The van der Waals surface area contributed by atoms with E-state index in [4.69, 9.17) is 4.74 Å². The number of nitrogens with zero attached hydrogens (tertiary/aromatic N) is 4. The molecular weight excluding hydrogens is 770 g/mol. The lowest BCUT2D eigenvalue weighted by atomic mass is 9.89. The fourth-order valence-corrected chi connectivity index (χ4v) is 7.37. The van der Waals surface area contributed by atoms with Gasteiger partial charge in [-0.05, 0) is 68.2 Å². The second-order valence-corrected chi connectivity index (χ2v) is 15.3. The SMILES string of the molecule is COC(=O)NC(C(=O)N1CCCC1c1ncc(-c2ccc(-c3ccc(-c4cnc(C5CCCCC5)[nH]4)cc3C(F)(F)F)cc2)[nH]1)C(C)C.COC(=O)NN(C=O)C(C)C. The third kappa shape index (κ3) is 11.0. The van der Waals surface area contributed by atoms with Crippen molar-refractivity contribution in [2.24, 2.45) is 5.92 Å². The number of amides is 4. The van der Waals surface area contributed by atoms with Crippen molar-refractivity contribution in [3.05, 3.63) is 72.1 Å². The zero-order valence-electron chi connectivity index (χ0n) is 34.2. The molecule has 1 aliphatic heterocycles. The Hall–Kier alpha value is -5.87. The fourth-order valence-electron chi connectivity index (χ4n) is 7.37. The smallest absolute Gasteiger partial charge is 0.425 e. The van der Waals surface area contributed by atoms with Crippen molar-refractivity contribution < 1.29 is 41.8 Å². The van der Waals surface area contributed by atoms with Gasteiger partial charge < -0.3 is 29.7 Å². The Bertz CT molecular complexity index is 2040. The van der Waals surface area contributed by atoms with Crippen LogP contribution < -0.4 is 10.7 Å². The number of H-pyrrole nitrogens is 2. The minimum atomic E-state index is -4.56. The van der Waals surface area contributed by atoms with E-state index in [9.17, 15) is 32.3 Å². The van der Waals surface area contributed by atoms with Crippen molar-refractivity contribution in [2.45, 2.75) is 103 Å². The Morgan fingerprint density at radius 2 is 1.42 bits per heavy atom. The first-order valence-electron chi connectivity index (χ1n) is 19.8. The predicted molar refractivity (Wildman–Crippen MR) is 214 cm³/mol. The van der Waals surface area contributed by atoms with Gasteiger partial charge >= 0.3 is 18.4 Å². The highest BCUT2D eigenvalue weighted by molar-refractivity contribution is 5.86. The summed E-state index contributed by atoms with van der Waals surface area (Å²) < 4.78 is 52.2. The highest BCUT2D eigenvalue weighted by Gasteiger charge is 2.38. The Balaban J connectivity index is 0.000000528. The molecule has 0 bridgehead atoms. The lowest BCUT2D eigenvalue weighted by Crippen LogP contribution is -2.51. The normalized spacial score (nSPS) is 16.3. The number of carbonyl (C=O) groups is 4. The molecule has 2 unspecified atom stereocenters. The van der Waals surface area contributed by atoms with Gasteiger partial charge in [-0.2, -0.15) is 13.2 Å². The molecule has 17 heteroatoms. The number of benzene rings is 2. The number of alkyl halides is 3. The van der Waals surface area contributed by atoms with Crippen LogP contribution in [0.1, 0.15) is 102 Å². The van der Waals surface area contributed by atoms with Crippen molar-refractivity contribution in [3.63, 3.8) is 0 Å². The molecule has 2 atom stereocenters. The van der Waals surface area contributed by atoms with Crippen LogP contribution in [0, 0.1) is 5.92 Å². The molecule has 318 valence electrons. The van der Waals surface area contributed by atoms with Crippen LogP contribution in [0.25, 0.3) is 33.6 Å². The lowest BCUT2D eigenvalue weighted by molar-refractivity contribution is -0.137. The number of aromatic nitrogens is 4.